The van der Waals surface area contributed by atoms with Crippen molar-refractivity contribution in [1.29, 1.82) is 0 Å². The van der Waals surface area contributed by atoms with E-state index in [1.807, 2.05) is 0 Å². The molecule has 0 fully saturated rings. The molecule has 22 heavy (non-hydrogen) atoms. The molecule has 0 aliphatic carbocycles. The number of aromatic hydroxyl groups is 1. The molecule has 1 atom stereocenters. The highest BCUT2D eigenvalue weighted by atomic mass is 33.1. The summed E-state index contributed by atoms with van der Waals surface area (Å²) >= 11 is 0. The second-order valence-electron chi connectivity index (χ2n) is 7.88. The Morgan fingerprint density at radius 2 is 1.50 bits per heavy atom. The molecular weight excluding hydrogens is 310 g/mol. The van der Waals surface area contributed by atoms with Gasteiger partial charge in [0.25, 0.3) is 0 Å². The van der Waals surface area contributed by atoms with Gasteiger partial charge in [0.15, 0.2) is 0 Å². The molecule has 4 heteroatoms. The van der Waals surface area contributed by atoms with Crippen molar-refractivity contribution in [2.24, 2.45) is 0 Å². The van der Waals surface area contributed by atoms with Crippen molar-refractivity contribution in [2.75, 3.05) is 0 Å². The third-order valence-corrected chi connectivity index (χ3v) is 6.50. The van der Waals surface area contributed by atoms with Gasteiger partial charge in [-0.2, -0.15) is 0 Å². The fourth-order valence-electron chi connectivity index (χ4n) is 2.58. The fraction of sp³-hybridized carbons (Fsp3) is 0.500. The Hall–Kier alpha value is -0.870. The molecule has 0 saturated carbocycles. The normalized spacial score (nSPS) is 19.5. The molecule has 0 saturated heterocycles. The highest BCUT2D eigenvalue weighted by Crippen LogP contribution is 2.47. The number of allylic oxidation sites excluding steroid dienone is 1. The van der Waals surface area contributed by atoms with Gasteiger partial charge in [0.1, 0.15) is 5.75 Å². The second kappa shape index (κ2) is 5.64. The van der Waals surface area contributed by atoms with E-state index in [1.54, 1.807) is 10.8 Å². The van der Waals surface area contributed by atoms with E-state index < -0.39 is 0 Å². The number of phenols is 1. The third kappa shape index (κ3) is 3.38. The van der Waals surface area contributed by atoms with Crippen molar-refractivity contribution in [3.8, 4) is 5.75 Å². The lowest BCUT2D eigenvalue weighted by Crippen LogP contribution is -2.18. The minimum Gasteiger partial charge on any atom is -0.507 e. The zero-order valence-corrected chi connectivity index (χ0v) is 16.3. The molecule has 122 valence electrons. The summed E-state index contributed by atoms with van der Waals surface area (Å²) in [6, 6.07) is 4.25. The lowest BCUT2D eigenvalue weighted by Gasteiger charge is -2.28. The molecule has 2 rings (SSSR count). The average molecular weight is 338 g/mol. The third-order valence-electron chi connectivity index (χ3n) is 3.81. The van der Waals surface area contributed by atoms with Gasteiger partial charge in [-0.15, -0.1) is 0 Å². The lowest BCUT2D eigenvalue weighted by molar-refractivity contribution is 0.423. The van der Waals surface area contributed by atoms with Crippen LogP contribution in [0.1, 0.15) is 65.2 Å². The largest absolute Gasteiger partial charge is 0.507 e. The molecular formula is C18H27NOS2. The molecule has 1 aromatic rings. The summed E-state index contributed by atoms with van der Waals surface area (Å²) in [5.41, 5.74) is 4.09. The maximum absolute atomic E-state index is 10.8. The van der Waals surface area contributed by atoms with Crippen LogP contribution in [0.15, 0.2) is 17.0 Å². The Morgan fingerprint density at radius 3 is 1.82 bits per heavy atom. The van der Waals surface area contributed by atoms with Gasteiger partial charge in [-0.1, -0.05) is 41.5 Å². The lowest BCUT2D eigenvalue weighted by atomic mass is 9.78. The van der Waals surface area contributed by atoms with Crippen molar-refractivity contribution in [3.63, 3.8) is 0 Å². The van der Waals surface area contributed by atoms with Gasteiger partial charge in [0, 0.05) is 21.6 Å². The van der Waals surface area contributed by atoms with Crippen molar-refractivity contribution in [1.82, 2.24) is 4.72 Å². The zero-order chi connectivity index (χ0) is 16.9. The van der Waals surface area contributed by atoms with E-state index in [-0.39, 0.29) is 20.5 Å². The van der Waals surface area contributed by atoms with Crippen LogP contribution in [0.25, 0.3) is 5.70 Å². The van der Waals surface area contributed by atoms with Crippen molar-refractivity contribution in [2.45, 2.75) is 59.3 Å². The van der Waals surface area contributed by atoms with Gasteiger partial charge in [-0.05, 0) is 56.3 Å². The quantitative estimate of drug-likeness (QED) is 0.521. The van der Waals surface area contributed by atoms with Gasteiger partial charge >= 0.3 is 0 Å². The van der Waals surface area contributed by atoms with Crippen LogP contribution in [0.3, 0.4) is 0 Å². The van der Waals surface area contributed by atoms with E-state index in [4.69, 9.17) is 0 Å². The van der Waals surface area contributed by atoms with Gasteiger partial charge in [-0.3, -0.25) is 0 Å². The summed E-state index contributed by atoms with van der Waals surface area (Å²) < 4.78 is 3.47. The minimum atomic E-state index is -0.114. The zero-order valence-electron chi connectivity index (χ0n) is 14.6. The first-order chi connectivity index (χ1) is 9.91. The van der Waals surface area contributed by atoms with E-state index in [0.29, 0.717) is 5.75 Å². The predicted octanol–water partition coefficient (Wildman–Crippen LogP) is 5.54. The van der Waals surface area contributed by atoms with E-state index in [0.717, 1.165) is 22.4 Å². The Labute approximate surface area is 140 Å². The first kappa shape index (κ1) is 17.5. The molecule has 0 radical (unpaired) electrons. The Kier molecular flexibility index (Phi) is 4.48. The minimum absolute atomic E-state index is 0.105. The van der Waals surface area contributed by atoms with E-state index in [1.165, 1.54) is 4.91 Å². The highest BCUT2D eigenvalue weighted by Gasteiger charge is 2.28. The summed E-state index contributed by atoms with van der Waals surface area (Å²) in [5.74, 6) is 4.54. The Bertz CT molecular complexity index is 626. The molecule has 1 aromatic carbocycles. The van der Waals surface area contributed by atoms with Crippen LogP contribution in [0.2, 0.25) is 0 Å². The molecule has 0 spiro atoms. The van der Waals surface area contributed by atoms with Gasteiger partial charge in [0.2, 0.25) is 0 Å². The van der Waals surface area contributed by atoms with Crippen molar-refractivity contribution >= 4 is 32.1 Å². The molecule has 1 aliphatic rings. The smallest absolute Gasteiger partial charge is 0.123 e. The van der Waals surface area contributed by atoms with E-state index >= 15 is 0 Å². The van der Waals surface area contributed by atoms with Crippen LogP contribution in [-0.2, 0) is 10.8 Å². The Morgan fingerprint density at radius 1 is 1.05 bits per heavy atom. The number of benzene rings is 1. The summed E-state index contributed by atoms with van der Waals surface area (Å²) in [4.78, 5) is 1.27. The van der Waals surface area contributed by atoms with Crippen LogP contribution < -0.4 is 4.72 Å². The van der Waals surface area contributed by atoms with Crippen molar-refractivity contribution < 1.29 is 5.11 Å². The van der Waals surface area contributed by atoms with Crippen LogP contribution in [-0.4, -0.2) is 11.0 Å². The van der Waals surface area contributed by atoms with E-state index in [9.17, 15) is 5.11 Å². The molecule has 1 unspecified atom stereocenters. The van der Waals surface area contributed by atoms with Crippen LogP contribution in [0, 0.1) is 0 Å². The number of rotatable bonds is 1. The first-order valence-corrected chi connectivity index (χ1v) is 10.2. The Balaban J connectivity index is 2.72. The summed E-state index contributed by atoms with van der Waals surface area (Å²) in [6.45, 7) is 15.0. The maximum Gasteiger partial charge on any atom is 0.123 e. The predicted molar refractivity (Wildman–Crippen MR) is 104 cm³/mol. The van der Waals surface area contributed by atoms with Crippen LogP contribution in [0.4, 0.5) is 0 Å². The number of hydrogen-bond donors (Lipinski definition) is 2. The SMILES string of the molecule is C=S1NC(c2cc(C(C)(C)C)c(O)c(C(C)(C)C)c2)=C(C)S1. The van der Waals surface area contributed by atoms with E-state index in [2.05, 4.69) is 71.2 Å². The van der Waals surface area contributed by atoms with Crippen LogP contribution >= 0.6 is 20.5 Å². The molecule has 0 amide bonds. The molecule has 1 aliphatic heterocycles. The highest BCUT2D eigenvalue weighted by molar-refractivity contribution is 8.84. The standard InChI is InChI=1S/C18H27NOS2/c1-11-15(19-22(8)21-11)12-9-13(17(2,3)4)16(20)14(10-12)18(5,6)7/h9-10,19-20H,8H2,1-7H3. The van der Waals surface area contributed by atoms with Crippen molar-refractivity contribution in [3.05, 3.63) is 33.7 Å². The molecule has 0 aromatic heterocycles. The monoisotopic (exact) mass is 337 g/mol. The summed E-state index contributed by atoms with van der Waals surface area (Å²) in [7, 11) is 1.66. The molecule has 2 nitrogen and oxygen atoms in total. The molecule has 1 heterocycles. The fourth-order valence-corrected chi connectivity index (χ4v) is 5.27. The average Bonchev–Trinajstić information content (AvgIpc) is 2.65. The summed E-state index contributed by atoms with van der Waals surface area (Å²) in [5, 5.41) is 10.8. The number of nitrogens with one attached hydrogen (secondary N) is 1. The van der Waals surface area contributed by atoms with Gasteiger partial charge < -0.3 is 9.83 Å². The topological polar surface area (TPSA) is 32.3 Å². The molecule has 2 N–H and O–H groups in total. The maximum atomic E-state index is 10.8. The van der Waals surface area contributed by atoms with Gasteiger partial charge in [0.05, 0.1) is 5.70 Å². The molecule has 0 bridgehead atoms. The second-order valence-corrected chi connectivity index (χ2v) is 11.3. The number of hydrogen-bond acceptors (Lipinski definition) is 3. The first-order valence-electron chi connectivity index (χ1n) is 7.49. The number of phenolic OH excluding ortho intramolecular Hbond substituents is 1. The van der Waals surface area contributed by atoms with Crippen LogP contribution in [0.5, 0.6) is 5.75 Å². The van der Waals surface area contributed by atoms with Gasteiger partial charge in [-0.25, -0.2) is 0 Å². The summed E-state index contributed by atoms with van der Waals surface area (Å²) in [6.07, 6.45) is 0.